The predicted molar refractivity (Wildman–Crippen MR) is 92.9 cm³/mol. The summed E-state index contributed by atoms with van der Waals surface area (Å²) < 4.78 is 45.3. The molecule has 0 aromatic carbocycles. The van der Waals surface area contributed by atoms with Crippen LogP contribution in [-0.2, 0) is 11.3 Å². The highest BCUT2D eigenvalue weighted by atomic mass is 19.4. The molecule has 2 atom stereocenters. The standard InChI is InChI=1S/C18H29F3N4O/c1-2-25-12-8-22-17(25)16-15(4-3-13-26-16)23-14-5-9-24(10-6-14)11-7-18(19,20)21/h8,12,14-16,23H,2-7,9-11,13H2,1H3/t15-,16-/m0/s1. The van der Waals surface area contributed by atoms with Crippen LogP contribution in [0.4, 0.5) is 13.2 Å². The van der Waals surface area contributed by atoms with Crippen LogP contribution >= 0.6 is 0 Å². The number of ether oxygens (including phenoxy) is 1. The molecule has 2 saturated heterocycles. The van der Waals surface area contributed by atoms with Crippen molar-refractivity contribution in [2.45, 2.75) is 69.9 Å². The number of nitrogens with one attached hydrogen (secondary N) is 1. The molecule has 0 unspecified atom stereocenters. The van der Waals surface area contributed by atoms with Crippen molar-refractivity contribution in [2.24, 2.45) is 0 Å². The van der Waals surface area contributed by atoms with Gasteiger partial charge < -0.3 is 19.5 Å². The third-order valence-corrected chi connectivity index (χ3v) is 5.41. The number of imidazole rings is 1. The van der Waals surface area contributed by atoms with Crippen LogP contribution in [-0.4, -0.2) is 59.0 Å². The van der Waals surface area contributed by atoms with Gasteiger partial charge in [0, 0.05) is 44.2 Å². The Morgan fingerprint density at radius 3 is 2.73 bits per heavy atom. The number of hydrogen-bond donors (Lipinski definition) is 1. The molecule has 1 aromatic rings. The third-order valence-electron chi connectivity index (χ3n) is 5.41. The monoisotopic (exact) mass is 374 g/mol. The molecule has 0 radical (unpaired) electrons. The van der Waals surface area contributed by atoms with Gasteiger partial charge in [-0.15, -0.1) is 0 Å². The van der Waals surface area contributed by atoms with Crippen molar-refractivity contribution in [2.75, 3.05) is 26.2 Å². The SMILES string of the molecule is CCn1ccnc1[C@H]1OCCC[C@@H]1NC1CCN(CCC(F)(F)F)CC1. The first-order chi connectivity index (χ1) is 12.5. The number of hydrogen-bond acceptors (Lipinski definition) is 4. The van der Waals surface area contributed by atoms with E-state index in [1.165, 1.54) is 0 Å². The Hall–Kier alpha value is -1.12. The number of nitrogens with zero attached hydrogens (tertiary/aromatic N) is 3. The summed E-state index contributed by atoms with van der Waals surface area (Å²) in [5, 5.41) is 3.71. The summed E-state index contributed by atoms with van der Waals surface area (Å²) >= 11 is 0. The number of aryl methyl sites for hydroxylation is 1. The van der Waals surface area contributed by atoms with Crippen LogP contribution in [0, 0.1) is 0 Å². The minimum absolute atomic E-state index is 0.0537. The zero-order valence-corrected chi connectivity index (χ0v) is 15.3. The number of rotatable bonds is 6. The number of aromatic nitrogens is 2. The second-order valence-corrected chi connectivity index (χ2v) is 7.26. The van der Waals surface area contributed by atoms with Crippen molar-refractivity contribution in [3.05, 3.63) is 18.2 Å². The lowest BCUT2D eigenvalue weighted by Crippen LogP contribution is -2.50. The smallest absolute Gasteiger partial charge is 0.369 e. The molecule has 2 aliphatic heterocycles. The van der Waals surface area contributed by atoms with Crippen molar-refractivity contribution in [1.82, 2.24) is 19.8 Å². The van der Waals surface area contributed by atoms with Gasteiger partial charge in [-0.1, -0.05) is 0 Å². The fraction of sp³-hybridized carbons (Fsp3) is 0.833. The van der Waals surface area contributed by atoms with E-state index in [9.17, 15) is 13.2 Å². The van der Waals surface area contributed by atoms with Gasteiger partial charge in [-0.25, -0.2) is 4.98 Å². The van der Waals surface area contributed by atoms with Gasteiger partial charge in [0.25, 0.3) is 0 Å². The zero-order valence-electron chi connectivity index (χ0n) is 15.3. The van der Waals surface area contributed by atoms with E-state index >= 15 is 0 Å². The lowest BCUT2D eigenvalue weighted by atomic mass is 9.97. The van der Waals surface area contributed by atoms with Gasteiger partial charge in [-0.3, -0.25) is 0 Å². The first-order valence-corrected chi connectivity index (χ1v) is 9.64. The van der Waals surface area contributed by atoms with E-state index in [4.69, 9.17) is 4.74 Å². The van der Waals surface area contributed by atoms with Crippen LogP contribution < -0.4 is 5.32 Å². The second-order valence-electron chi connectivity index (χ2n) is 7.26. The van der Waals surface area contributed by atoms with Gasteiger partial charge in [0.15, 0.2) is 0 Å². The summed E-state index contributed by atoms with van der Waals surface area (Å²) in [5.74, 6) is 0.965. The van der Waals surface area contributed by atoms with Gasteiger partial charge in [-0.2, -0.15) is 13.2 Å². The summed E-state index contributed by atoms with van der Waals surface area (Å²) in [4.78, 5) is 6.42. The van der Waals surface area contributed by atoms with E-state index in [0.717, 1.165) is 57.7 Å². The lowest BCUT2D eigenvalue weighted by Gasteiger charge is -2.38. The maximum Gasteiger partial charge on any atom is 0.390 e. The molecular formula is C18H29F3N4O. The molecule has 3 rings (SSSR count). The summed E-state index contributed by atoms with van der Waals surface area (Å²) in [5.41, 5.74) is 0. The van der Waals surface area contributed by atoms with E-state index in [-0.39, 0.29) is 18.7 Å². The van der Waals surface area contributed by atoms with Crippen LogP contribution in [0.1, 0.15) is 51.0 Å². The summed E-state index contributed by atoms with van der Waals surface area (Å²) in [6, 6.07) is 0.541. The molecule has 1 aromatic heterocycles. The number of piperidine rings is 1. The minimum atomic E-state index is -4.07. The maximum absolute atomic E-state index is 12.4. The average molecular weight is 374 g/mol. The fourth-order valence-electron chi connectivity index (χ4n) is 3.96. The molecule has 0 saturated carbocycles. The number of likely N-dealkylation sites (tertiary alicyclic amines) is 1. The molecule has 2 aliphatic rings. The zero-order chi connectivity index (χ0) is 18.6. The Balaban J connectivity index is 1.51. The largest absolute Gasteiger partial charge is 0.390 e. The lowest BCUT2D eigenvalue weighted by molar-refractivity contribution is -0.138. The maximum atomic E-state index is 12.4. The van der Waals surface area contributed by atoms with Gasteiger partial charge in [0.1, 0.15) is 11.9 Å². The fourth-order valence-corrected chi connectivity index (χ4v) is 3.96. The summed E-state index contributed by atoms with van der Waals surface area (Å²) in [6.45, 7) is 5.24. The second kappa shape index (κ2) is 8.71. The molecule has 2 fully saturated rings. The first kappa shape index (κ1) is 19.6. The highest BCUT2D eigenvalue weighted by Gasteiger charge is 2.33. The molecule has 26 heavy (non-hydrogen) atoms. The molecule has 0 amide bonds. The van der Waals surface area contributed by atoms with Gasteiger partial charge >= 0.3 is 6.18 Å². The van der Waals surface area contributed by atoms with Crippen LogP contribution in [0.2, 0.25) is 0 Å². The molecular weight excluding hydrogens is 345 g/mol. The minimum Gasteiger partial charge on any atom is -0.369 e. The van der Waals surface area contributed by atoms with Crippen molar-refractivity contribution in [3.8, 4) is 0 Å². The average Bonchev–Trinajstić information content (AvgIpc) is 3.09. The van der Waals surface area contributed by atoms with Crippen molar-refractivity contribution in [3.63, 3.8) is 0 Å². The Bertz CT molecular complexity index is 555. The predicted octanol–water partition coefficient (Wildman–Crippen LogP) is 3.13. The Kier molecular flexibility index (Phi) is 6.58. The molecule has 1 N–H and O–H groups in total. The quantitative estimate of drug-likeness (QED) is 0.831. The van der Waals surface area contributed by atoms with Crippen LogP contribution in [0.25, 0.3) is 0 Å². The molecule has 5 nitrogen and oxygen atoms in total. The molecule has 148 valence electrons. The van der Waals surface area contributed by atoms with E-state index in [2.05, 4.69) is 21.8 Å². The van der Waals surface area contributed by atoms with Crippen molar-refractivity contribution >= 4 is 0 Å². The van der Waals surface area contributed by atoms with Crippen molar-refractivity contribution in [1.29, 1.82) is 0 Å². The highest BCUT2D eigenvalue weighted by Crippen LogP contribution is 2.29. The molecule has 0 bridgehead atoms. The van der Waals surface area contributed by atoms with Crippen LogP contribution in [0.15, 0.2) is 12.4 Å². The molecule has 0 spiro atoms. The Morgan fingerprint density at radius 2 is 2.04 bits per heavy atom. The topological polar surface area (TPSA) is 42.3 Å². The van der Waals surface area contributed by atoms with E-state index in [0.29, 0.717) is 6.04 Å². The summed E-state index contributed by atoms with van der Waals surface area (Å²) in [6.07, 6.45) is 2.76. The molecule has 3 heterocycles. The van der Waals surface area contributed by atoms with Gasteiger partial charge in [0.05, 0.1) is 6.42 Å². The van der Waals surface area contributed by atoms with Crippen LogP contribution in [0.3, 0.4) is 0 Å². The van der Waals surface area contributed by atoms with Gasteiger partial charge in [-0.05, 0) is 45.7 Å². The molecule has 0 aliphatic carbocycles. The van der Waals surface area contributed by atoms with Crippen LogP contribution in [0.5, 0.6) is 0 Å². The molecule has 8 heteroatoms. The Morgan fingerprint density at radius 1 is 1.27 bits per heavy atom. The first-order valence-electron chi connectivity index (χ1n) is 9.64. The highest BCUT2D eigenvalue weighted by molar-refractivity contribution is 5.03. The normalized spacial score (nSPS) is 26.3. The van der Waals surface area contributed by atoms with E-state index < -0.39 is 12.6 Å². The van der Waals surface area contributed by atoms with Crippen molar-refractivity contribution < 1.29 is 17.9 Å². The summed E-state index contributed by atoms with van der Waals surface area (Å²) in [7, 11) is 0. The van der Waals surface area contributed by atoms with E-state index in [1.54, 1.807) is 0 Å². The van der Waals surface area contributed by atoms with Gasteiger partial charge in [0.2, 0.25) is 0 Å². The third kappa shape index (κ3) is 5.20. The number of alkyl halides is 3. The number of halogens is 3. The Labute approximate surface area is 152 Å². The van der Waals surface area contributed by atoms with E-state index in [1.807, 2.05) is 17.3 Å².